The minimum Gasteiger partial charge on any atom is -0.379 e. The van der Waals surface area contributed by atoms with Gasteiger partial charge in [0.2, 0.25) is 10.0 Å². The first kappa shape index (κ1) is 24.6. The van der Waals surface area contributed by atoms with Crippen LogP contribution in [0.25, 0.3) is 0 Å². The van der Waals surface area contributed by atoms with E-state index in [1.807, 2.05) is 6.92 Å². The number of rotatable bonds is 11. The van der Waals surface area contributed by atoms with Crippen LogP contribution in [0.5, 0.6) is 0 Å². The molecule has 0 radical (unpaired) electrons. The van der Waals surface area contributed by atoms with E-state index in [2.05, 4.69) is 39.8 Å². The van der Waals surface area contributed by atoms with Crippen molar-refractivity contribution in [1.82, 2.24) is 19.8 Å². The molecule has 0 bridgehead atoms. The molecule has 1 saturated heterocycles. The minimum absolute atomic E-state index is 0.130. The van der Waals surface area contributed by atoms with Crippen LogP contribution in [0.3, 0.4) is 0 Å². The van der Waals surface area contributed by atoms with Gasteiger partial charge in [0.25, 0.3) is 0 Å². The number of guanidine groups is 1. The molecule has 2 N–H and O–H groups in total. The van der Waals surface area contributed by atoms with E-state index >= 15 is 0 Å². The molecule has 1 aliphatic rings. The van der Waals surface area contributed by atoms with Crippen molar-refractivity contribution in [3.8, 4) is 0 Å². The first-order chi connectivity index (χ1) is 14.5. The topological polar surface area (TPSA) is 86.3 Å². The van der Waals surface area contributed by atoms with Crippen LogP contribution in [0.2, 0.25) is 0 Å². The Bertz CT molecular complexity index is 764. The van der Waals surface area contributed by atoms with Crippen LogP contribution >= 0.6 is 0 Å². The second-order valence-corrected chi connectivity index (χ2v) is 9.72. The summed E-state index contributed by atoms with van der Waals surface area (Å²) in [4.78, 5) is 7.15. The van der Waals surface area contributed by atoms with Crippen molar-refractivity contribution in [2.45, 2.75) is 33.4 Å². The summed E-state index contributed by atoms with van der Waals surface area (Å²) in [6.07, 6.45) is 0.716. The molecule has 1 aromatic carbocycles. The first-order valence-corrected chi connectivity index (χ1v) is 12.4. The zero-order valence-corrected chi connectivity index (χ0v) is 19.4. The van der Waals surface area contributed by atoms with Crippen molar-refractivity contribution in [1.29, 1.82) is 0 Å². The lowest BCUT2D eigenvalue weighted by molar-refractivity contribution is 0.0341. The van der Waals surface area contributed by atoms with Crippen LogP contribution in [0, 0.1) is 0 Å². The average Bonchev–Trinajstić information content (AvgIpc) is 2.76. The Hall–Kier alpha value is -1.68. The standard InChI is InChI=1S/C21H37N5O3S/c1-4-22-21(23-11-8-12-25(3)30(27,28)5-2)24-17-19-9-6-7-10-20(19)18-26-13-15-29-16-14-26/h6-7,9-10H,4-5,8,11-18H2,1-3H3,(H2,22,23,24). The molecule has 0 aliphatic carbocycles. The average molecular weight is 440 g/mol. The van der Waals surface area contributed by atoms with Gasteiger partial charge >= 0.3 is 0 Å². The van der Waals surface area contributed by atoms with E-state index in [9.17, 15) is 8.42 Å². The summed E-state index contributed by atoms with van der Waals surface area (Å²) >= 11 is 0. The highest BCUT2D eigenvalue weighted by Crippen LogP contribution is 2.14. The summed E-state index contributed by atoms with van der Waals surface area (Å²) in [7, 11) is -1.50. The Morgan fingerprint density at radius 3 is 2.53 bits per heavy atom. The van der Waals surface area contributed by atoms with Crippen molar-refractivity contribution in [3.05, 3.63) is 35.4 Å². The monoisotopic (exact) mass is 439 g/mol. The third kappa shape index (κ3) is 8.22. The molecule has 0 atom stereocenters. The van der Waals surface area contributed by atoms with E-state index in [4.69, 9.17) is 9.73 Å². The van der Waals surface area contributed by atoms with Gasteiger partial charge < -0.3 is 15.4 Å². The quantitative estimate of drug-likeness (QED) is 0.307. The summed E-state index contributed by atoms with van der Waals surface area (Å²) < 4.78 is 30.5. The molecular formula is C21H37N5O3S. The number of aliphatic imine (C=N–C) groups is 1. The van der Waals surface area contributed by atoms with Gasteiger partial charge in [-0.3, -0.25) is 4.90 Å². The van der Waals surface area contributed by atoms with Crippen molar-refractivity contribution < 1.29 is 13.2 Å². The van der Waals surface area contributed by atoms with E-state index < -0.39 is 10.0 Å². The van der Waals surface area contributed by atoms with Gasteiger partial charge in [-0.2, -0.15) is 0 Å². The maximum absolute atomic E-state index is 11.8. The molecule has 8 nitrogen and oxygen atoms in total. The maximum Gasteiger partial charge on any atom is 0.213 e. The van der Waals surface area contributed by atoms with Gasteiger partial charge in [0.15, 0.2) is 5.96 Å². The number of hydrogen-bond donors (Lipinski definition) is 2. The number of nitrogens with one attached hydrogen (secondary N) is 2. The zero-order valence-electron chi connectivity index (χ0n) is 18.6. The number of ether oxygens (including phenoxy) is 1. The number of benzene rings is 1. The molecule has 0 aromatic heterocycles. The van der Waals surface area contributed by atoms with Gasteiger partial charge in [-0.15, -0.1) is 0 Å². The Labute approximate surface area is 181 Å². The first-order valence-electron chi connectivity index (χ1n) is 10.8. The molecule has 2 rings (SSSR count). The molecule has 30 heavy (non-hydrogen) atoms. The Morgan fingerprint density at radius 1 is 1.17 bits per heavy atom. The predicted molar refractivity (Wildman–Crippen MR) is 122 cm³/mol. The molecule has 1 heterocycles. The van der Waals surface area contributed by atoms with Crippen molar-refractivity contribution in [2.24, 2.45) is 4.99 Å². The van der Waals surface area contributed by atoms with Crippen LogP contribution < -0.4 is 10.6 Å². The minimum atomic E-state index is -3.12. The highest BCUT2D eigenvalue weighted by Gasteiger charge is 2.14. The number of hydrogen-bond acceptors (Lipinski definition) is 5. The van der Waals surface area contributed by atoms with Crippen LogP contribution in [-0.4, -0.2) is 82.3 Å². The van der Waals surface area contributed by atoms with Crippen LogP contribution in [-0.2, 0) is 27.8 Å². The highest BCUT2D eigenvalue weighted by atomic mass is 32.2. The van der Waals surface area contributed by atoms with Crippen molar-refractivity contribution in [2.75, 3.05) is 58.7 Å². The second-order valence-electron chi connectivity index (χ2n) is 7.35. The fourth-order valence-electron chi connectivity index (χ4n) is 3.24. The molecule has 170 valence electrons. The Kier molecular flexibility index (Phi) is 10.6. The van der Waals surface area contributed by atoms with Gasteiger partial charge in [-0.1, -0.05) is 24.3 Å². The van der Waals surface area contributed by atoms with Crippen molar-refractivity contribution in [3.63, 3.8) is 0 Å². The molecule has 9 heteroatoms. The predicted octanol–water partition coefficient (Wildman–Crippen LogP) is 1.25. The zero-order chi connectivity index (χ0) is 21.8. The van der Waals surface area contributed by atoms with E-state index in [1.54, 1.807) is 14.0 Å². The Morgan fingerprint density at radius 2 is 1.87 bits per heavy atom. The fourth-order valence-corrected chi connectivity index (χ4v) is 4.09. The van der Waals surface area contributed by atoms with Gasteiger partial charge in [-0.05, 0) is 31.4 Å². The summed E-state index contributed by atoms with van der Waals surface area (Å²) in [5.74, 6) is 0.880. The lowest BCUT2D eigenvalue weighted by atomic mass is 10.1. The van der Waals surface area contributed by atoms with Crippen LogP contribution in [0.1, 0.15) is 31.4 Å². The maximum atomic E-state index is 11.8. The smallest absolute Gasteiger partial charge is 0.213 e. The third-order valence-corrected chi connectivity index (χ3v) is 7.01. The van der Waals surface area contributed by atoms with Crippen LogP contribution in [0.4, 0.5) is 0 Å². The summed E-state index contributed by atoms with van der Waals surface area (Å²) in [5.41, 5.74) is 2.51. The lowest BCUT2D eigenvalue weighted by Gasteiger charge is -2.27. The molecule has 0 unspecified atom stereocenters. The number of morpholine rings is 1. The fraction of sp³-hybridized carbons (Fsp3) is 0.667. The molecule has 0 amide bonds. The molecular weight excluding hydrogens is 402 g/mol. The summed E-state index contributed by atoms with van der Waals surface area (Å²) in [5, 5.41) is 6.57. The second kappa shape index (κ2) is 12.9. The molecule has 0 spiro atoms. The summed E-state index contributed by atoms with van der Waals surface area (Å²) in [6, 6.07) is 8.43. The highest BCUT2D eigenvalue weighted by molar-refractivity contribution is 7.89. The third-order valence-electron chi connectivity index (χ3n) is 5.15. The van der Waals surface area contributed by atoms with E-state index in [0.29, 0.717) is 26.1 Å². The van der Waals surface area contributed by atoms with Gasteiger partial charge in [0.1, 0.15) is 0 Å². The van der Waals surface area contributed by atoms with E-state index in [-0.39, 0.29) is 5.75 Å². The van der Waals surface area contributed by atoms with Gasteiger partial charge in [-0.25, -0.2) is 17.7 Å². The molecule has 1 aliphatic heterocycles. The molecule has 1 aromatic rings. The molecule has 0 saturated carbocycles. The van der Waals surface area contributed by atoms with Gasteiger partial charge in [0.05, 0.1) is 25.5 Å². The number of sulfonamides is 1. The lowest BCUT2D eigenvalue weighted by Crippen LogP contribution is -2.39. The largest absolute Gasteiger partial charge is 0.379 e. The Balaban J connectivity index is 1.89. The van der Waals surface area contributed by atoms with Crippen molar-refractivity contribution >= 4 is 16.0 Å². The number of nitrogens with zero attached hydrogens (tertiary/aromatic N) is 3. The summed E-state index contributed by atoms with van der Waals surface area (Å²) in [6.45, 7) is 10.6. The molecule has 1 fully saturated rings. The SMILES string of the molecule is CCNC(=NCc1ccccc1CN1CCOCC1)NCCCN(C)S(=O)(=O)CC. The van der Waals surface area contributed by atoms with Gasteiger partial charge in [0, 0.05) is 46.3 Å². The normalized spacial score (nSPS) is 16.1. The van der Waals surface area contributed by atoms with E-state index in [1.165, 1.54) is 15.4 Å². The van der Waals surface area contributed by atoms with Crippen LogP contribution in [0.15, 0.2) is 29.3 Å². The van der Waals surface area contributed by atoms with E-state index in [0.717, 1.165) is 45.4 Å².